The molecular formula is C22H17Cl2N3OS2. The van der Waals surface area contributed by atoms with Gasteiger partial charge in [0.25, 0.3) is 0 Å². The largest absolute Gasteiger partial charge is 0.282 e. The summed E-state index contributed by atoms with van der Waals surface area (Å²) in [6.07, 6.45) is 2.11. The molecule has 0 spiro atoms. The Hall–Kier alpha value is -2.12. The Labute approximate surface area is 192 Å². The van der Waals surface area contributed by atoms with E-state index in [4.69, 9.17) is 23.2 Å². The van der Waals surface area contributed by atoms with Crippen molar-refractivity contribution in [3.8, 4) is 0 Å². The minimum absolute atomic E-state index is 0.00673. The van der Waals surface area contributed by atoms with E-state index in [0.717, 1.165) is 20.8 Å². The Balaban J connectivity index is 1.52. The maximum Gasteiger partial charge on any atom is 0.229 e. The molecule has 0 atom stereocenters. The van der Waals surface area contributed by atoms with Crippen LogP contribution in [0.3, 0.4) is 0 Å². The fourth-order valence-corrected chi connectivity index (χ4v) is 5.06. The molecule has 0 aliphatic rings. The average Bonchev–Trinajstić information content (AvgIpc) is 3.17. The zero-order valence-electron chi connectivity index (χ0n) is 15.8. The van der Waals surface area contributed by atoms with Crippen LogP contribution in [0.5, 0.6) is 0 Å². The Kier molecular flexibility index (Phi) is 6.89. The number of benzene rings is 2. The normalized spacial score (nSPS) is 11.0. The highest BCUT2D eigenvalue weighted by Crippen LogP contribution is 2.32. The van der Waals surface area contributed by atoms with Crippen molar-refractivity contribution in [3.63, 3.8) is 0 Å². The molecule has 2 aromatic heterocycles. The highest BCUT2D eigenvalue weighted by molar-refractivity contribution is 7.99. The molecule has 8 heteroatoms. The second-order valence-electron chi connectivity index (χ2n) is 6.46. The van der Waals surface area contributed by atoms with Crippen LogP contribution in [0.1, 0.15) is 12.1 Å². The molecule has 0 aliphatic carbocycles. The number of hydrogen-bond donors (Lipinski definition) is 0. The van der Waals surface area contributed by atoms with Crippen LogP contribution < -0.4 is 4.90 Å². The summed E-state index contributed by atoms with van der Waals surface area (Å²) < 4.78 is 0.951. The molecule has 0 fully saturated rings. The van der Waals surface area contributed by atoms with Gasteiger partial charge in [0.05, 0.1) is 22.5 Å². The Morgan fingerprint density at radius 3 is 2.60 bits per heavy atom. The van der Waals surface area contributed by atoms with Crippen molar-refractivity contribution in [3.05, 3.63) is 82.6 Å². The number of halogens is 2. The van der Waals surface area contributed by atoms with Gasteiger partial charge in [-0.25, -0.2) is 4.98 Å². The molecular weight excluding hydrogens is 457 g/mol. The SMILES string of the molecule is O=C(CCSc1ccc(Cl)cc1)N(Cc1ccccn1)c1nc2ccc(Cl)cc2s1. The third-order valence-corrected chi connectivity index (χ3v) is 6.86. The van der Waals surface area contributed by atoms with Crippen LogP contribution >= 0.6 is 46.3 Å². The van der Waals surface area contributed by atoms with Gasteiger partial charge in [-0.3, -0.25) is 14.7 Å². The standard InChI is InChI=1S/C22H17Cl2N3OS2/c23-15-4-7-18(8-5-15)29-12-10-21(28)27(14-17-3-1-2-11-25-17)22-26-19-9-6-16(24)13-20(19)30-22/h1-9,11,13H,10,12,14H2. The van der Waals surface area contributed by atoms with Gasteiger partial charge >= 0.3 is 0 Å². The number of anilines is 1. The lowest BCUT2D eigenvalue weighted by Crippen LogP contribution is -2.30. The summed E-state index contributed by atoms with van der Waals surface area (Å²) >= 11 is 15.1. The number of pyridine rings is 1. The molecule has 4 rings (SSSR count). The molecule has 2 heterocycles. The number of rotatable bonds is 7. The Morgan fingerprint density at radius 2 is 1.83 bits per heavy atom. The van der Waals surface area contributed by atoms with Gasteiger partial charge in [-0.15, -0.1) is 11.8 Å². The molecule has 0 radical (unpaired) electrons. The van der Waals surface area contributed by atoms with Crippen molar-refractivity contribution >= 4 is 67.6 Å². The van der Waals surface area contributed by atoms with E-state index < -0.39 is 0 Å². The van der Waals surface area contributed by atoms with Gasteiger partial charge < -0.3 is 0 Å². The predicted molar refractivity (Wildman–Crippen MR) is 127 cm³/mol. The van der Waals surface area contributed by atoms with Crippen molar-refractivity contribution < 1.29 is 4.79 Å². The molecule has 0 N–H and O–H groups in total. The van der Waals surface area contributed by atoms with E-state index in [1.54, 1.807) is 28.9 Å². The second-order valence-corrected chi connectivity index (χ2v) is 9.51. The van der Waals surface area contributed by atoms with E-state index in [9.17, 15) is 4.79 Å². The first-order chi connectivity index (χ1) is 14.6. The Morgan fingerprint density at radius 1 is 1.03 bits per heavy atom. The molecule has 0 bridgehead atoms. The lowest BCUT2D eigenvalue weighted by atomic mass is 10.3. The van der Waals surface area contributed by atoms with Gasteiger partial charge in [0.15, 0.2) is 5.13 Å². The van der Waals surface area contributed by atoms with E-state index in [0.29, 0.717) is 33.9 Å². The van der Waals surface area contributed by atoms with Crippen molar-refractivity contribution in [1.29, 1.82) is 0 Å². The summed E-state index contributed by atoms with van der Waals surface area (Å²) in [5.41, 5.74) is 1.64. The van der Waals surface area contributed by atoms with Gasteiger partial charge in [-0.05, 0) is 54.6 Å². The molecule has 30 heavy (non-hydrogen) atoms. The van der Waals surface area contributed by atoms with Crippen molar-refractivity contribution in [2.75, 3.05) is 10.7 Å². The third kappa shape index (κ3) is 5.32. The number of aromatic nitrogens is 2. The first kappa shape index (κ1) is 21.1. The molecule has 4 nitrogen and oxygen atoms in total. The number of hydrogen-bond acceptors (Lipinski definition) is 5. The van der Waals surface area contributed by atoms with Gasteiger partial charge in [-0.2, -0.15) is 0 Å². The highest BCUT2D eigenvalue weighted by atomic mass is 35.5. The molecule has 152 valence electrons. The number of thiazole rings is 1. The third-order valence-electron chi connectivity index (χ3n) is 4.32. The number of amides is 1. The summed E-state index contributed by atoms with van der Waals surface area (Å²) in [6, 6.07) is 18.9. The van der Waals surface area contributed by atoms with Gasteiger partial charge in [0.2, 0.25) is 5.91 Å². The number of fused-ring (bicyclic) bond motifs is 1. The second kappa shape index (κ2) is 9.79. The molecule has 1 amide bonds. The molecule has 0 saturated carbocycles. The number of thioether (sulfide) groups is 1. The number of carbonyl (C=O) groups is 1. The minimum Gasteiger partial charge on any atom is -0.282 e. The molecule has 2 aromatic carbocycles. The molecule has 4 aromatic rings. The smallest absolute Gasteiger partial charge is 0.229 e. The maximum absolute atomic E-state index is 13.1. The van der Waals surface area contributed by atoms with Crippen LogP contribution in [0.4, 0.5) is 5.13 Å². The van der Waals surface area contributed by atoms with Crippen LogP contribution in [0, 0.1) is 0 Å². The van der Waals surface area contributed by atoms with Crippen molar-refractivity contribution in [2.24, 2.45) is 0 Å². The lowest BCUT2D eigenvalue weighted by Gasteiger charge is -2.19. The number of nitrogens with zero attached hydrogens (tertiary/aromatic N) is 3. The lowest BCUT2D eigenvalue weighted by molar-refractivity contribution is -0.118. The predicted octanol–water partition coefficient (Wildman–Crippen LogP) is 6.71. The summed E-state index contributed by atoms with van der Waals surface area (Å²) in [5, 5.41) is 2.01. The highest BCUT2D eigenvalue weighted by Gasteiger charge is 2.20. The first-order valence-corrected chi connectivity index (χ1v) is 11.8. The van der Waals surface area contributed by atoms with E-state index in [-0.39, 0.29) is 5.91 Å². The molecule has 0 aliphatic heterocycles. The van der Waals surface area contributed by atoms with E-state index in [2.05, 4.69) is 9.97 Å². The van der Waals surface area contributed by atoms with Gasteiger partial charge in [0, 0.05) is 33.3 Å². The van der Waals surface area contributed by atoms with Crippen molar-refractivity contribution in [1.82, 2.24) is 9.97 Å². The summed E-state index contributed by atoms with van der Waals surface area (Å²) in [7, 11) is 0. The average molecular weight is 474 g/mol. The zero-order valence-corrected chi connectivity index (χ0v) is 18.9. The maximum atomic E-state index is 13.1. The van der Waals surface area contributed by atoms with E-state index >= 15 is 0 Å². The molecule has 0 unspecified atom stereocenters. The first-order valence-electron chi connectivity index (χ1n) is 9.23. The minimum atomic E-state index is 0.00673. The van der Waals surface area contributed by atoms with Crippen molar-refractivity contribution in [2.45, 2.75) is 17.9 Å². The van der Waals surface area contributed by atoms with Crippen LogP contribution in [0.25, 0.3) is 10.2 Å². The zero-order chi connectivity index (χ0) is 20.9. The fourth-order valence-electron chi connectivity index (χ4n) is 2.84. The van der Waals surface area contributed by atoms with Crippen LogP contribution in [-0.4, -0.2) is 21.6 Å². The van der Waals surface area contributed by atoms with Crippen LogP contribution in [0.2, 0.25) is 10.0 Å². The van der Waals surface area contributed by atoms with Gasteiger partial charge in [-0.1, -0.05) is 40.6 Å². The number of carbonyl (C=O) groups excluding carboxylic acids is 1. The summed E-state index contributed by atoms with van der Waals surface area (Å²) in [5.74, 6) is 0.669. The Bertz CT molecular complexity index is 1150. The van der Waals surface area contributed by atoms with Gasteiger partial charge in [0.1, 0.15) is 0 Å². The quantitative estimate of drug-likeness (QED) is 0.279. The fraction of sp³-hybridized carbons (Fsp3) is 0.136. The summed E-state index contributed by atoms with van der Waals surface area (Å²) in [4.78, 5) is 25.0. The van der Waals surface area contributed by atoms with Crippen LogP contribution in [0.15, 0.2) is 71.8 Å². The van der Waals surface area contributed by atoms with E-state index in [1.807, 2.05) is 54.6 Å². The topological polar surface area (TPSA) is 46.1 Å². The summed E-state index contributed by atoms with van der Waals surface area (Å²) in [6.45, 7) is 0.374. The van der Waals surface area contributed by atoms with Crippen LogP contribution in [-0.2, 0) is 11.3 Å². The van der Waals surface area contributed by atoms with E-state index in [1.165, 1.54) is 11.3 Å². The molecule has 0 saturated heterocycles. The monoisotopic (exact) mass is 473 g/mol.